The molecule has 1 aliphatic carbocycles. The van der Waals surface area contributed by atoms with Gasteiger partial charge in [0, 0.05) is 35.9 Å². The second-order valence-corrected chi connectivity index (χ2v) is 8.92. The standard InChI is InChI=1S/C24H27N5O2S/c1-17-9-11-20(12-10-17)29(24(31)21-16-32-28-27-21)22(19-8-5-13-25-15-19)23(30)26-14-18-6-3-2-4-7-18/h2-8,13,15-17,20,22H,9-12,14H2,1H3,(H,26,30)/t17?,20?,22-/m1/s1. The van der Waals surface area contributed by atoms with Crippen LogP contribution in [0.15, 0.2) is 60.2 Å². The van der Waals surface area contributed by atoms with Crippen molar-refractivity contribution in [2.75, 3.05) is 0 Å². The topological polar surface area (TPSA) is 88.1 Å². The SMILES string of the molecule is CC1CCC(N(C(=O)c2csnn2)[C@@H](C(=O)NCc2ccccc2)c2cccnc2)CC1. The minimum Gasteiger partial charge on any atom is -0.350 e. The van der Waals surface area contributed by atoms with Crippen molar-refractivity contribution in [2.24, 2.45) is 5.92 Å². The van der Waals surface area contributed by atoms with Crippen LogP contribution in [0.5, 0.6) is 0 Å². The molecule has 0 bridgehead atoms. The van der Waals surface area contributed by atoms with E-state index in [0.29, 0.717) is 18.0 Å². The summed E-state index contributed by atoms with van der Waals surface area (Å²) in [7, 11) is 0. The quantitative estimate of drug-likeness (QED) is 0.589. The fourth-order valence-corrected chi connectivity index (χ4v) is 4.69. The van der Waals surface area contributed by atoms with Gasteiger partial charge in [0.25, 0.3) is 5.91 Å². The summed E-state index contributed by atoms with van der Waals surface area (Å²) in [6.45, 7) is 2.62. The number of hydrogen-bond donors (Lipinski definition) is 1. The molecular formula is C24H27N5O2S. The highest BCUT2D eigenvalue weighted by atomic mass is 32.1. The molecule has 1 aromatic carbocycles. The number of aromatic nitrogens is 3. The molecule has 1 atom stereocenters. The van der Waals surface area contributed by atoms with E-state index in [1.165, 1.54) is 0 Å². The molecule has 166 valence electrons. The molecule has 32 heavy (non-hydrogen) atoms. The summed E-state index contributed by atoms with van der Waals surface area (Å²) in [6, 6.07) is 12.6. The number of carbonyl (C=O) groups excluding carboxylic acids is 2. The van der Waals surface area contributed by atoms with Crippen LogP contribution in [0.1, 0.15) is 60.3 Å². The minimum absolute atomic E-state index is 0.0481. The smallest absolute Gasteiger partial charge is 0.276 e. The molecule has 1 saturated carbocycles. The highest BCUT2D eigenvalue weighted by molar-refractivity contribution is 7.03. The number of nitrogens with zero attached hydrogens (tertiary/aromatic N) is 4. The number of amides is 2. The zero-order chi connectivity index (χ0) is 22.3. The lowest BCUT2D eigenvalue weighted by atomic mass is 9.85. The Bertz CT molecular complexity index is 1010. The molecule has 1 N–H and O–H groups in total. The van der Waals surface area contributed by atoms with Crippen LogP contribution < -0.4 is 5.32 Å². The molecular weight excluding hydrogens is 422 g/mol. The summed E-state index contributed by atoms with van der Waals surface area (Å²) in [6.07, 6.45) is 7.09. The number of rotatable bonds is 7. The molecule has 4 rings (SSSR count). The second kappa shape index (κ2) is 10.5. The van der Waals surface area contributed by atoms with Crippen molar-refractivity contribution in [1.29, 1.82) is 0 Å². The Morgan fingerprint density at radius 2 is 1.91 bits per heavy atom. The normalized spacial score (nSPS) is 19.2. The molecule has 2 aromatic heterocycles. The molecule has 0 saturated heterocycles. The number of pyridine rings is 1. The molecule has 1 fully saturated rings. The average molecular weight is 450 g/mol. The summed E-state index contributed by atoms with van der Waals surface area (Å²) in [5, 5.41) is 8.68. The molecule has 0 aliphatic heterocycles. The number of nitrogens with one attached hydrogen (secondary N) is 1. The monoisotopic (exact) mass is 449 g/mol. The maximum Gasteiger partial charge on any atom is 0.276 e. The molecule has 7 nitrogen and oxygen atoms in total. The maximum absolute atomic E-state index is 13.6. The van der Waals surface area contributed by atoms with Crippen LogP contribution in [0.3, 0.4) is 0 Å². The predicted molar refractivity (Wildman–Crippen MR) is 123 cm³/mol. The Morgan fingerprint density at radius 1 is 1.12 bits per heavy atom. The summed E-state index contributed by atoms with van der Waals surface area (Å²) < 4.78 is 3.87. The summed E-state index contributed by atoms with van der Waals surface area (Å²) in [5.74, 6) is 0.131. The van der Waals surface area contributed by atoms with Gasteiger partial charge in [0.1, 0.15) is 6.04 Å². The molecule has 8 heteroatoms. The molecule has 0 radical (unpaired) electrons. The van der Waals surface area contributed by atoms with Gasteiger partial charge in [-0.2, -0.15) is 0 Å². The fraction of sp³-hybridized carbons (Fsp3) is 0.375. The fourth-order valence-electron chi connectivity index (χ4n) is 4.26. The van der Waals surface area contributed by atoms with Crippen molar-refractivity contribution < 1.29 is 9.59 Å². The van der Waals surface area contributed by atoms with Gasteiger partial charge in [-0.15, -0.1) is 5.10 Å². The van der Waals surface area contributed by atoms with Crippen LogP contribution in [-0.2, 0) is 11.3 Å². The maximum atomic E-state index is 13.6. The van der Waals surface area contributed by atoms with E-state index < -0.39 is 6.04 Å². The predicted octanol–water partition coefficient (Wildman–Crippen LogP) is 4.01. The highest BCUT2D eigenvalue weighted by Crippen LogP contribution is 2.34. The highest BCUT2D eigenvalue weighted by Gasteiger charge is 2.39. The largest absolute Gasteiger partial charge is 0.350 e. The van der Waals surface area contributed by atoms with Gasteiger partial charge < -0.3 is 10.2 Å². The van der Waals surface area contributed by atoms with E-state index >= 15 is 0 Å². The van der Waals surface area contributed by atoms with Crippen LogP contribution in [0, 0.1) is 5.92 Å². The van der Waals surface area contributed by atoms with E-state index in [0.717, 1.165) is 42.8 Å². The van der Waals surface area contributed by atoms with E-state index in [9.17, 15) is 9.59 Å². The molecule has 2 heterocycles. The number of hydrogen-bond acceptors (Lipinski definition) is 6. The molecule has 1 aliphatic rings. The van der Waals surface area contributed by atoms with Crippen LogP contribution in [0.2, 0.25) is 0 Å². The summed E-state index contributed by atoms with van der Waals surface area (Å²) >= 11 is 1.13. The van der Waals surface area contributed by atoms with E-state index in [-0.39, 0.29) is 23.6 Å². The lowest BCUT2D eigenvalue weighted by molar-refractivity contribution is -0.127. The van der Waals surface area contributed by atoms with E-state index in [1.807, 2.05) is 36.4 Å². The number of benzene rings is 1. The van der Waals surface area contributed by atoms with Gasteiger partial charge in [-0.05, 0) is 54.8 Å². The van der Waals surface area contributed by atoms with Crippen LogP contribution in [-0.4, -0.2) is 37.3 Å². The van der Waals surface area contributed by atoms with Gasteiger partial charge in [-0.3, -0.25) is 14.6 Å². The first kappa shape index (κ1) is 22.1. The van der Waals surface area contributed by atoms with Gasteiger partial charge in [0.15, 0.2) is 5.69 Å². The van der Waals surface area contributed by atoms with E-state index in [4.69, 9.17) is 0 Å². The molecule has 0 unspecified atom stereocenters. The third kappa shape index (κ3) is 5.19. The Morgan fingerprint density at radius 3 is 2.56 bits per heavy atom. The van der Waals surface area contributed by atoms with Crippen molar-refractivity contribution in [3.8, 4) is 0 Å². The zero-order valence-corrected chi connectivity index (χ0v) is 18.9. The first-order chi connectivity index (χ1) is 15.6. The third-order valence-corrected chi connectivity index (χ3v) is 6.53. The molecule has 3 aromatic rings. The zero-order valence-electron chi connectivity index (χ0n) is 18.1. The van der Waals surface area contributed by atoms with E-state index in [2.05, 4.69) is 26.8 Å². The van der Waals surface area contributed by atoms with Gasteiger partial charge in [0.2, 0.25) is 5.91 Å². The van der Waals surface area contributed by atoms with Crippen LogP contribution in [0.25, 0.3) is 0 Å². The third-order valence-electron chi connectivity index (χ3n) is 6.03. The van der Waals surface area contributed by atoms with Crippen molar-refractivity contribution in [1.82, 2.24) is 24.8 Å². The average Bonchev–Trinajstić information content (AvgIpc) is 3.38. The van der Waals surface area contributed by atoms with Crippen molar-refractivity contribution >= 4 is 23.3 Å². The first-order valence-electron chi connectivity index (χ1n) is 10.9. The Hall–Kier alpha value is -3.13. The lowest BCUT2D eigenvalue weighted by Crippen LogP contribution is -2.49. The van der Waals surface area contributed by atoms with Crippen molar-refractivity contribution in [2.45, 2.75) is 51.2 Å². The van der Waals surface area contributed by atoms with Gasteiger partial charge >= 0.3 is 0 Å². The Labute approximate surface area is 192 Å². The lowest BCUT2D eigenvalue weighted by Gasteiger charge is -2.40. The van der Waals surface area contributed by atoms with Crippen LogP contribution in [0.4, 0.5) is 0 Å². The Kier molecular flexibility index (Phi) is 7.21. The van der Waals surface area contributed by atoms with Crippen molar-refractivity contribution in [3.63, 3.8) is 0 Å². The van der Waals surface area contributed by atoms with Gasteiger partial charge in [0.05, 0.1) is 0 Å². The summed E-state index contributed by atoms with van der Waals surface area (Å²) in [5.41, 5.74) is 1.96. The van der Waals surface area contributed by atoms with E-state index in [1.54, 1.807) is 28.7 Å². The molecule has 0 spiro atoms. The van der Waals surface area contributed by atoms with Gasteiger partial charge in [-0.25, -0.2) is 0 Å². The second-order valence-electron chi connectivity index (χ2n) is 8.31. The van der Waals surface area contributed by atoms with Gasteiger partial charge in [-0.1, -0.05) is 47.8 Å². The Balaban J connectivity index is 1.67. The first-order valence-corrected chi connectivity index (χ1v) is 11.8. The minimum atomic E-state index is -0.792. The number of carbonyl (C=O) groups is 2. The van der Waals surface area contributed by atoms with Crippen LogP contribution >= 0.6 is 11.5 Å². The molecule has 2 amide bonds. The van der Waals surface area contributed by atoms with Crippen molar-refractivity contribution in [3.05, 3.63) is 77.1 Å². The summed E-state index contributed by atoms with van der Waals surface area (Å²) in [4.78, 5) is 33.1.